The van der Waals surface area contributed by atoms with Crippen molar-refractivity contribution in [3.8, 4) is 0 Å². The Morgan fingerprint density at radius 3 is 2.89 bits per heavy atom. The number of fused-ring (bicyclic) bond motifs is 1. The summed E-state index contributed by atoms with van der Waals surface area (Å²) in [4.78, 5) is 22.7. The summed E-state index contributed by atoms with van der Waals surface area (Å²) in [5.74, 6) is -0.849. The van der Waals surface area contributed by atoms with Crippen molar-refractivity contribution in [3.63, 3.8) is 0 Å². The van der Waals surface area contributed by atoms with Gasteiger partial charge in [-0.1, -0.05) is 24.3 Å². The summed E-state index contributed by atoms with van der Waals surface area (Å²) in [5.41, 5.74) is 2.62. The average molecular weight is 258 g/mol. The van der Waals surface area contributed by atoms with Gasteiger partial charge in [-0.3, -0.25) is 4.79 Å². The molecule has 3 rings (SSSR count). The minimum absolute atomic E-state index is 0.0761. The van der Waals surface area contributed by atoms with Gasteiger partial charge in [0.15, 0.2) is 0 Å². The number of amides is 1. The van der Waals surface area contributed by atoms with E-state index in [2.05, 4.69) is 17.2 Å². The van der Waals surface area contributed by atoms with Gasteiger partial charge in [0, 0.05) is 18.8 Å². The summed E-state index contributed by atoms with van der Waals surface area (Å²) in [5, 5.41) is 14.2. The molecule has 1 N–H and O–H groups in total. The minimum Gasteiger partial charge on any atom is -0.477 e. The highest BCUT2D eigenvalue weighted by atomic mass is 16.4. The largest absolute Gasteiger partial charge is 0.477 e. The summed E-state index contributed by atoms with van der Waals surface area (Å²) in [6, 6.07) is 8.12. The van der Waals surface area contributed by atoms with Gasteiger partial charge >= 0.3 is 5.97 Å². The number of benzene rings is 1. The lowest BCUT2D eigenvalue weighted by molar-refractivity contribution is -0.133. The molecule has 0 aromatic heterocycles. The Hall–Kier alpha value is -2.17. The van der Waals surface area contributed by atoms with E-state index in [1.54, 1.807) is 0 Å². The van der Waals surface area contributed by atoms with E-state index in [-0.39, 0.29) is 30.4 Å². The molecule has 0 radical (unpaired) electrons. The van der Waals surface area contributed by atoms with Crippen LogP contribution in [0.5, 0.6) is 0 Å². The summed E-state index contributed by atoms with van der Waals surface area (Å²) in [6.07, 6.45) is 1.39. The molecule has 5 nitrogen and oxygen atoms in total. The van der Waals surface area contributed by atoms with Crippen LogP contribution in [0.3, 0.4) is 0 Å². The van der Waals surface area contributed by atoms with Gasteiger partial charge in [0.1, 0.15) is 5.71 Å². The van der Waals surface area contributed by atoms with E-state index < -0.39 is 5.97 Å². The number of rotatable bonds is 3. The second-order valence-electron chi connectivity index (χ2n) is 4.93. The number of carbonyl (C=O) groups excluding carboxylic acids is 1. The predicted molar refractivity (Wildman–Crippen MR) is 68.9 cm³/mol. The zero-order valence-corrected chi connectivity index (χ0v) is 10.4. The monoisotopic (exact) mass is 258 g/mol. The van der Waals surface area contributed by atoms with Crippen molar-refractivity contribution in [2.45, 2.75) is 25.2 Å². The van der Waals surface area contributed by atoms with Crippen LogP contribution in [-0.2, 0) is 16.0 Å². The van der Waals surface area contributed by atoms with Crippen LogP contribution < -0.4 is 0 Å². The molecule has 0 saturated carbocycles. The first-order valence-corrected chi connectivity index (χ1v) is 6.34. The lowest BCUT2D eigenvalue weighted by atomic mass is 9.77. The van der Waals surface area contributed by atoms with Crippen molar-refractivity contribution in [1.82, 2.24) is 5.01 Å². The van der Waals surface area contributed by atoms with Crippen LogP contribution in [0.25, 0.3) is 0 Å². The van der Waals surface area contributed by atoms with E-state index in [1.165, 1.54) is 16.1 Å². The van der Waals surface area contributed by atoms with E-state index >= 15 is 0 Å². The standard InChI is InChI=1S/C14H14N2O3/c17-13-6-5-12(14(18)19)15-16(13)8-10-7-9-3-1-2-4-11(9)10/h1-4,10H,5-8H2,(H,18,19). The molecule has 98 valence electrons. The smallest absolute Gasteiger partial charge is 0.352 e. The van der Waals surface area contributed by atoms with Crippen molar-refractivity contribution in [2.75, 3.05) is 6.54 Å². The van der Waals surface area contributed by atoms with Crippen LogP contribution in [0.1, 0.15) is 29.9 Å². The third-order valence-corrected chi connectivity index (χ3v) is 3.71. The number of hydrogen-bond donors (Lipinski definition) is 1. The highest BCUT2D eigenvalue weighted by Crippen LogP contribution is 2.35. The van der Waals surface area contributed by atoms with E-state index in [9.17, 15) is 9.59 Å². The van der Waals surface area contributed by atoms with E-state index in [1.807, 2.05) is 12.1 Å². The number of carbonyl (C=O) groups is 2. The lowest BCUT2D eigenvalue weighted by Gasteiger charge is -2.34. The minimum atomic E-state index is -1.04. The lowest BCUT2D eigenvalue weighted by Crippen LogP contribution is -2.39. The second kappa shape index (κ2) is 4.50. The molecule has 0 fully saturated rings. The van der Waals surface area contributed by atoms with Crippen LogP contribution in [0.15, 0.2) is 29.4 Å². The fourth-order valence-electron chi connectivity index (χ4n) is 2.63. The first-order valence-electron chi connectivity index (χ1n) is 6.34. The maximum Gasteiger partial charge on any atom is 0.352 e. The fourth-order valence-corrected chi connectivity index (χ4v) is 2.63. The summed E-state index contributed by atoms with van der Waals surface area (Å²) < 4.78 is 0. The summed E-state index contributed by atoms with van der Waals surface area (Å²) in [7, 11) is 0. The fraction of sp³-hybridized carbons (Fsp3) is 0.357. The third-order valence-electron chi connectivity index (χ3n) is 3.71. The Morgan fingerprint density at radius 1 is 1.37 bits per heavy atom. The third kappa shape index (κ3) is 2.12. The average Bonchev–Trinajstić information content (AvgIpc) is 2.37. The zero-order valence-electron chi connectivity index (χ0n) is 10.4. The van der Waals surface area contributed by atoms with E-state index in [4.69, 9.17) is 5.11 Å². The van der Waals surface area contributed by atoms with E-state index in [0.717, 1.165) is 6.42 Å². The number of carboxylic acids is 1. The van der Waals surface area contributed by atoms with Gasteiger partial charge in [0.05, 0.1) is 6.54 Å². The summed E-state index contributed by atoms with van der Waals surface area (Å²) >= 11 is 0. The van der Waals surface area contributed by atoms with Crippen LogP contribution in [0.2, 0.25) is 0 Å². The quantitative estimate of drug-likeness (QED) is 0.890. The molecular weight excluding hydrogens is 244 g/mol. The van der Waals surface area contributed by atoms with Gasteiger partial charge in [0.2, 0.25) is 5.91 Å². The van der Waals surface area contributed by atoms with Crippen molar-refractivity contribution >= 4 is 17.6 Å². The molecule has 1 unspecified atom stereocenters. The molecule has 5 heteroatoms. The van der Waals surface area contributed by atoms with Crippen molar-refractivity contribution in [2.24, 2.45) is 5.10 Å². The first kappa shape index (κ1) is 11.9. The summed E-state index contributed by atoms with van der Waals surface area (Å²) in [6.45, 7) is 0.479. The number of carboxylic acid groups (broad SMARTS) is 1. The number of nitrogens with zero attached hydrogens (tertiary/aromatic N) is 2. The molecule has 1 atom stereocenters. The van der Waals surface area contributed by atoms with Crippen molar-refractivity contribution in [1.29, 1.82) is 0 Å². The maximum atomic E-state index is 11.8. The predicted octanol–water partition coefficient (Wildman–Crippen LogP) is 1.39. The van der Waals surface area contributed by atoms with Crippen molar-refractivity contribution in [3.05, 3.63) is 35.4 Å². The Morgan fingerprint density at radius 2 is 2.16 bits per heavy atom. The molecule has 1 amide bonds. The van der Waals surface area contributed by atoms with Crippen LogP contribution >= 0.6 is 0 Å². The van der Waals surface area contributed by atoms with Crippen LogP contribution in [0, 0.1) is 0 Å². The van der Waals surface area contributed by atoms with Gasteiger partial charge < -0.3 is 5.11 Å². The topological polar surface area (TPSA) is 70.0 Å². The molecule has 0 spiro atoms. The Bertz CT molecular complexity index is 580. The zero-order chi connectivity index (χ0) is 13.4. The van der Waals surface area contributed by atoms with Gasteiger partial charge in [-0.25, -0.2) is 9.80 Å². The Labute approximate surface area is 110 Å². The van der Waals surface area contributed by atoms with Gasteiger partial charge in [-0.05, 0) is 17.5 Å². The second-order valence-corrected chi connectivity index (χ2v) is 4.93. The maximum absolute atomic E-state index is 11.8. The molecule has 1 aliphatic heterocycles. The number of aliphatic carboxylic acids is 1. The number of hydrazone groups is 1. The number of hydrogen-bond acceptors (Lipinski definition) is 3. The highest BCUT2D eigenvalue weighted by molar-refractivity contribution is 6.36. The molecule has 0 saturated heterocycles. The normalized spacial score (nSPS) is 21.5. The SMILES string of the molecule is O=C(O)C1=NN(CC2Cc3ccccc32)C(=O)CC1. The van der Waals surface area contributed by atoms with Gasteiger partial charge in [0.25, 0.3) is 0 Å². The molecule has 19 heavy (non-hydrogen) atoms. The van der Waals surface area contributed by atoms with Gasteiger partial charge in [-0.2, -0.15) is 5.10 Å². The van der Waals surface area contributed by atoms with Gasteiger partial charge in [-0.15, -0.1) is 0 Å². The molecule has 1 heterocycles. The van der Waals surface area contributed by atoms with Crippen LogP contribution in [0.4, 0.5) is 0 Å². The van der Waals surface area contributed by atoms with Crippen molar-refractivity contribution < 1.29 is 14.7 Å². The Balaban J connectivity index is 1.75. The van der Waals surface area contributed by atoms with Crippen LogP contribution in [-0.4, -0.2) is 34.2 Å². The molecule has 1 aromatic carbocycles. The van der Waals surface area contributed by atoms with E-state index in [0.29, 0.717) is 6.54 Å². The molecule has 2 aliphatic rings. The highest BCUT2D eigenvalue weighted by Gasteiger charge is 2.31. The Kier molecular flexibility index (Phi) is 2.81. The molecule has 1 aromatic rings. The first-order chi connectivity index (χ1) is 9.15. The molecular formula is C14H14N2O3. The molecule has 0 bridgehead atoms. The molecule has 1 aliphatic carbocycles.